The molecule has 0 unspecified atom stereocenters. The summed E-state index contributed by atoms with van der Waals surface area (Å²) in [4.78, 5) is 26.4. The van der Waals surface area contributed by atoms with Crippen LogP contribution in [0.15, 0.2) is 53.2 Å². The number of alkyl halides is 2. The van der Waals surface area contributed by atoms with Crippen LogP contribution in [0.5, 0.6) is 0 Å². The number of fused-ring (bicyclic) bond motifs is 2. The van der Waals surface area contributed by atoms with Gasteiger partial charge in [-0.1, -0.05) is 23.4 Å². The molecule has 2 fully saturated rings. The molecule has 0 atom stereocenters. The van der Waals surface area contributed by atoms with Crippen LogP contribution in [-0.2, 0) is 4.79 Å². The van der Waals surface area contributed by atoms with E-state index in [-0.39, 0.29) is 18.6 Å². The molecule has 0 aliphatic heterocycles. The summed E-state index contributed by atoms with van der Waals surface area (Å²) in [5, 5.41) is 23.3. The Morgan fingerprint density at radius 2 is 1.76 bits per heavy atom. The van der Waals surface area contributed by atoms with Crippen molar-refractivity contribution in [3.05, 3.63) is 54.6 Å². The van der Waals surface area contributed by atoms with Crippen molar-refractivity contribution in [2.45, 2.75) is 55.5 Å². The van der Waals surface area contributed by atoms with E-state index >= 15 is 0 Å². The van der Waals surface area contributed by atoms with Gasteiger partial charge in [0.15, 0.2) is 5.76 Å². The molecule has 188 valence electrons. The number of hydrogen-bond acceptors (Lipinski definition) is 6. The first-order chi connectivity index (χ1) is 17.7. The summed E-state index contributed by atoms with van der Waals surface area (Å²) in [6, 6.07) is 12.9. The number of halogens is 2. The molecular formula is C26H22F2N6O3. The summed E-state index contributed by atoms with van der Waals surface area (Å²) in [5.41, 5.74) is 0.469. The number of rotatable bonds is 5. The largest absolute Gasteiger partial charge is 0.451 e. The third-order valence-corrected chi connectivity index (χ3v) is 7.31. The zero-order valence-corrected chi connectivity index (χ0v) is 19.6. The molecule has 3 heterocycles. The van der Waals surface area contributed by atoms with E-state index in [2.05, 4.69) is 27.0 Å². The average molecular weight is 504 g/mol. The number of aromatic nitrogens is 3. The van der Waals surface area contributed by atoms with Crippen molar-refractivity contribution in [1.29, 1.82) is 5.26 Å². The van der Waals surface area contributed by atoms with Gasteiger partial charge < -0.3 is 15.1 Å². The summed E-state index contributed by atoms with van der Waals surface area (Å²) in [5.74, 6) is -4.24. The van der Waals surface area contributed by atoms with Gasteiger partial charge in [-0.3, -0.25) is 9.59 Å². The van der Waals surface area contributed by atoms with Gasteiger partial charge in [0.2, 0.25) is 11.8 Å². The summed E-state index contributed by atoms with van der Waals surface area (Å²) < 4.78 is 35.4. The number of nitrogens with zero attached hydrogens (tertiary/aromatic N) is 4. The molecule has 2 amide bonds. The highest BCUT2D eigenvalue weighted by molar-refractivity contribution is 6.00. The normalized spacial score (nSPS) is 19.3. The third-order valence-electron chi connectivity index (χ3n) is 7.31. The predicted octanol–water partition coefficient (Wildman–Crippen LogP) is 3.99. The molecular weight excluding hydrogens is 482 g/mol. The van der Waals surface area contributed by atoms with Crippen LogP contribution in [0.3, 0.4) is 0 Å². The maximum Gasteiger partial charge on any atom is 0.287 e. The van der Waals surface area contributed by atoms with Gasteiger partial charge in [-0.05, 0) is 49.4 Å². The predicted molar refractivity (Wildman–Crippen MR) is 128 cm³/mol. The monoisotopic (exact) mass is 504 g/mol. The Hall–Kier alpha value is -4.33. The van der Waals surface area contributed by atoms with Crippen molar-refractivity contribution in [3.8, 4) is 17.2 Å². The topological polar surface area (TPSA) is 125 Å². The second-order valence-corrected chi connectivity index (χ2v) is 9.92. The minimum atomic E-state index is -2.91. The Bertz CT molecular complexity index is 1590. The molecule has 11 heteroatoms. The van der Waals surface area contributed by atoms with Crippen molar-refractivity contribution in [2.24, 2.45) is 0 Å². The molecule has 4 aromatic rings. The minimum Gasteiger partial charge on any atom is -0.451 e. The summed E-state index contributed by atoms with van der Waals surface area (Å²) in [7, 11) is 0. The lowest BCUT2D eigenvalue weighted by Gasteiger charge is -2.39. The van der Waals surface area contributed by atoms with E-state index in [1.165, 1.54) is 0 Å². The lowest BCUT2D eigenvalue weighted by molar-refractivity contribution is -0.133. The van der Waals surface area contributed by atoms with E-state index in [1.807, 2.05) is 30.5 Å². The maximum absolute atomic E-state index is 13.9. The molecule has 0 bridgehead atoms. The second-order valence-electron chi connectivity index (χ2n) is 9.92. The quantitative estimate of drug-likeness (QED) is 0.423. The average Bonchev–Trinajstić information content (AvgIpc) is 3.29. The third kappa shape index (κ3) is 4.18. The van der Waals surface area contributed by atoms with Crippen molar-refractivity contribution in [3.63, 3.8) is 0 Å². The van der Waals surface area contributed by atoms with Gasteiger partial charge in [-0.25, -0.2) is 13.3 Å². The van der Waals surface area contributed by atoms with Crippen LogP contribution in [0.1, 0.15) is 49.1 Å². The summed E-state index contributed by atoms with van der Waals surface area (Å²) >= 11 is 0. The number of carbonyl (C=O) groups excluding carboxylic acids is 2. The van der Waals surface area contributed by atoms with E-state index in [0.717, 1.165) is 16.6 Å². The van der Waals surface area contributed by atoms with Gasteiger partial charge in [0.05, 0.1) is 17.8 Å². The lowest BCUT2D eigenvalue weighted by Crippen LogP contribution is -2.62. The zero-order valence-electron chi connectivity index (χ0n) is 19.6. The molecule has 0 spiro atoms. The first-order valence-corrected chi connectivity index (χ1v) is 12.0. The van der Waals surface area contributed by atoms with Crippen LogP contribution in [0.2, 0.25) is 0 Å². The summed E-state index contributed by atoms with van der Waals surface area (Å²) in [6.07, 6.45) is 2.89. The first-order valence-electron chi connectivity index (χ1n) is 12.0. The molecule has 2 aliphatic carbocycles. The molecule has 3 aromatic heterocycles. The highest BCUT2D eigenvalue weighted by Gasteiger charge is 2.53. The Labute approximate surface area is 209 Å². The molecule has 2 N–H and O–H groups in total. The van der Waals surface area contributed by atoms with Crippen LogP contribution < -0.4 is 10.6 Å². The van der Waals surface area contributed by atoms with Gasteiger partial charge in [0, 0.05) is 30.0 Å². The van der Waals surface area contributed by atoms with Crippen molar-refractivity contribution < 1.29 is 22.8 Å². The van der Waals surface area contributed by atoms with E-state index in [1.54, 1.807) is 22.8 Å². The van der Waals surface area contributed by atoms with Crippen molar-refractivity contribution in [2.75, 3.05) is 0 Å². The van der Waals surface area contributed by atoms with Gasteiger partial charge in [-0.15, -0.1) is 5.10 Å². The maximum atomic E-state index is 13.9. The van der Waals surface area contributed by atoms with Crippen LogP contribution in [0, 0.1) is 11.3 Å². The number of nitriles is 1. The number of nitrogens with one attached hydrogen (secondary N) is 2. The molecule has 1 aromatic carbocycles. The lowest BCUT2D eigenvalue weighted by atomic mass is 9.78. The smallest absolute Gasteiger partial charge is 0.287 e. The Morgan fingerprint density at radius 3 is 2.49 bits per heavy atom. The second kappa shape index (κ2) is 8.09. The van der Waals surface area contributed by atoms with E-state index < -0.39 is 41.7 Å². The van der Waals surface area contributed by atoms with E-state index in [9.17, 15) is 23.6 Å². The number of furan rings is 1. The molecule has 0 radical (unpaired) electrons. The van der Waals surface area contributed by atoms with Gasteiger partial charge in [0.25, 0.3) is 5.91 Å². The van der Waals surface area contributed by atoms with Gasteiger partial charge >= 0.3 is 0 Å². The SMILES string of the molecule is N#CC1(NC(=O)C2(NC(=O)c3cc4ccc(-c5ccc6cnnn6c5)cc4o3)CCC(F)(F)CC2)CC1. The molecule has 6 rings (SSSR count). The summed E-state index contributed by atoms with van der Waals surface area (Å²) in [6.45, 7) is 0. The fourth-order valence-electron chi connectivity index (χ4n) is 4.77. The first kappa shape index (κ1) is 23.1. The van der Waals surface area contributed by atoms with Crippen LogP contribution in [-0.4, -0.2) is 43.6 Å². The number of hydrogen-bond donors (Lipinski definition) is 2. The molecule has 9 nitrogen and oxygen atoms in total. The Balaban J connectivity index is 1.27. The van der Waals surface area contributed by atoms with Crippen LogP contribution >= 0.6 is 0 Å². The number of carbonyl (C=O) groups is 2. The van der Waals surface area contributed by atoms with Crippen LogP contribution in [0.4, 0.5) is 8.78 Å². The zero-order chi connectivity index (χ0) is 25.8. The Kier molecular flexibility index (Phi) is 5.05. The number of amides is 2. The highest BCUT2D eigenvalue weighted by atomic mass is 19.3. The fraction of sp³-hybridized carbons (Fsp3) is 0.346. The fourth-order valence-corrected chi connectivity index (χ4v) is 4.77. The van der Waals surface area contributed by atoms with Crippen molar-refractivity contribution in [1.82, 2.24) is 25.5 Å². The molecule has 2 saturated carbocycles. The van der Waals surface area contributed by atoms with Crippen molar-refractivity contribution >= 4 is 28.3 Å². The molecule has 2 aliphatic rings. The van der Waals surface area contributed by atoms with Crippen LogP contribution in [0.25, 0.3) is 27.6 Å². The standard InChI is InChI=1S/C26H22F2N6O3/c27-26(28)9-7-25(8-10-26,23(36)32-24(15-29)5-6-24)31-22(35)21-12-17-2-1-16(11-20(17)37-21)18-3-4-19-13-30-33-34(19)14-18/h1-4,11-14H,5-10H2,(H,31,35)(H,32,36). The van der Waals surface area contributed by atoms with E-state index in [0.29, 0.717) is 23.8 Å². The number of pyridine rings is 1. The molecule has 0 saturated heterocycles. The number of benzene rings is 1. The highest BCUT2D eigenvalue weighted by Crippen LogP contribution is 2.41. The van der Waals surface area contributed by atoms with Gasteiger partial charge in [-0.2, -0.15) is 5.26 Å². The molecule has 37 heavy (non-hydrogen) atoms. The Morgan fingerprint density at radius 1 is 1.00 bits per heavy atom. The minimum absolute atomic E-state index is 0.0372. The van der Waals surface area contributed by atoms with Gasteiger partial charge in [0.1, 0.15) is 16.7 Å². The van der Waals surface area contributed by atoms with E-state index in [4.69, 9.17) is 4.42 Å².